The molecule has 2 aliphatic heterocycles. The molecule has 2 aliphatic rings. The number of aliphatic hydroxyl groups is 2. The number of aliphatic hydroxyl groups excluding tert-OH is 2. The molecular weight excluding hydrogens is 730 g/mol. The minimum absolute atomic E-state index is 0.0383. The molecule has 0 saturated carbocycles. The van der Waals surface area contributed by atoms with E-state index in [-0.39, 0.29) is 22.5 Å². The van der Waals surface area contributed by atoms with Crippen molar-refractivity contribution in [2.75, 3.05) is 39.3 Å². The summed E-state index contributed by atoms with van der Waals surface area (Å²) in [6, 6.07) is 9.09. The Balaban J connectivity index is 0.000000260. The zero-order chi connectivity index (χ0) is 35.8. The van der Waals surface area contributed by atoms with E-state index in [9.17, 15) is 35.8 Å². The number of nitrogens with zero attached hydrogens (tertiary/aromatic N) is 2. The van der Waals surface area contributed by atoms with Crippen LogP contribution in [0.4, 0.5) is 8.78 Å². The number of aryl methyl sites for hydroxylation is 1. The molecule has 0 spiro atoms. The number of β-amino-alcohol motifs (C(OH)–C–C–N with tert-alkyl or cyclic N) is 2. The fraction of sp³-hybridized carbons (Fsp3) is 0.636. The summed E-state index contributed by atoms with van der Waals surface area (Å²) in [5, 5.41) is 20.2. The van der Waals surface area contributed by atoms with Gasteiger partial charge >= 0.3 is 0 Å². The highest BCUT2D eigenvalue weighted by molar-refractivity contribution is 9.10. The number of nitrogens with one attached hydrogen (secondary N) is 2. The molecule has 4 N–H and O–H groups in total. The van der Waals surface area contributed by atoms with Crippen LogP contribution in [0.25, 0.3) is 0 Å². The lowest BCUT2D eigenvalue weighted by molar-refractivity contribution is 0.111. The van der Waals surface area contributed by atoms with Crippen LogP contribution in [-0.2, 0) is 26.5 Å². The minimum atomic E-state index is -4.25. The summed E-state index contributed by atoms with van der Waals surface area (Å²) >= 11 is 2.79. The summed E-state index contributed by atoms with van der Waals surface area (Å²) in [5.74, 6) is -0.779. The average molecular weight is 782 g/mol. The maximum absolute atomic E-state index is 13.8. The van der Waals surface area contributed by atoms with Gasteiger partial charge in [-0.25, -0.2) is 35.1 Å². The number of hydrogen-bond acceptors (Lipinski definition) is 8. The van der Waals surface area contributed by atoms with Crippen LogP contribution in [-0.4, -0.2) is 100 Å². The summed E-state index contributed by atoms with van der Waals surface area (Å²) in [4.78, 5) is 3.78. The standard InChI is InChI=1S/C18H30N2O3S.C15H21BrF2N2O3S/c1-4-5-16-6-8-18(9-7-16)24(22,23)19-11-17(21)13-20-12-14(2)10-15(20)3;1-9-3-10(2)20(7-9)8-11(21)6-19-24(22,23)15-5-13(17)12(16)4-14(15)18/h6-9,14-15,17,19,21H,4-5,10-13H2,1-3H3;4-5,9-11,19,21H,3,6-8H2,1-2H3/t14?,15?,17-;9?,10?,11-/m00/s1. The molecular formula is C33H51BrF2N4O6S2. The summed E-state index contributed by atoms with van der Waals surface area (Å²) in [7, 11) is -7.82. The van der Waals surface area contributed by atoms with E-state index in [1.54, 1.807) is 12.1 Å². The van der Waals surface area contributed by atoms with Gasteiger partial charge in [-0.15, -0.1) is 0 Å². The molecule has 272 valence electrons. The van der Waals surface area contributed by atoms with Crippen LogP contribution in [0, 0.1) is 23.5 Å². The molecule has 0 aromatic heterocycles. The Bertz CT molecular complexity index is 1550. The third-order valence-electron chi connectivity index (χ3n) is 8.77. The molecule has 6 atom stereocenters. The van der Waals surface area contributed by atoms with Gasteiger partial charge in [0.1, 0.15) is 16.5 Å². The predicted molar refractivity (Wildman–Crippen MR) is 187 cm³/mol. The highest BCUT2D eigenvalue weighted by Crippen LogP contribution is 2.25. The van der Waals surface area contributed by atoms with Crippen molar-refractivity contribution in [2.45, 2.75) is 94.4 Å². The van der Waals surface area contributed by atoms with E-state index >= 15 is 0 Å². The number of rotatable bonds is 14. The molecule has 2 saturated heterocycles. The second-order valence-electron chi connectivity index (χ2n) is 13.4. The molecule has 0 bridgehead atoms. The highest BCUT2D eigenvalue weighted by Gasteiger charge is 2.29. The van der Waals surface area contributed by atoms with Crippen molar-refractivity contribution in [2.24, 2.45) is 11.8 Å². The Kier molecular flexibility index (Phi) is 15.4. The molecule has 2 fully saturated rings. The van der Waals surface area contributed by atoms with Crippen molar-refractivity contribution < 1.29 is 35.8 Å². The number of benzene rings is 2. The molecule has 48 heavy (non-hydrogen) atoms. The maximum Gasteiger partial charge on any atom is 0.243 e. The smallest absolute Gasteiger partial charge is 0.243 e. The molecule has 0 amide bonds. The van der Waals surface area contributed by atoms with Crippen molar-refractivity contribution >= 4 is 36.0 Å². The largest absolute Gasteiger partial charge is 0.390 e. The van der Waals surface area contributed by atoms with E-state index in [0.29, 0.717) is 43.1 Å². The lowest BCUT2D eigenvalue weighted by Gasteiger charge is -2.24. The summed E-state index contributed by atoms with van der Waals surface area (Å²) in [6.07, 6.45) is 2.50. The van der Waals surface area contributed by atoms with Crippen LogP contribution in [0.15, 0.2) is 50.7 Å². The Morgan fingerprint density at radius 3 is 1.73 bits per heavy atom. The van der Waals surface area contributed by atoms with E-state index < -0.39 is 48.8 Å². The molecule has 10 nitrogen and oxygen atoms in total. The number of hydrogen-bond donors (Lipinski definition) is 4. The van der Waals surface area contributed by atoms with Gasteiger partial charge in [0.2, 0.25) is 20.0 Å². The lowest BCUT2D eigenvalue weighted by Crippen LogP contribution is -2.41. The van der Waals surface area contributed by atoms with Gasteiger partial charge in [0.15, 0.2) is 0 Å². The zero-order valence-electron chi connectivity index (χ0n) is 28.4. The number of sulfonamides is 2. The molecule has 4 rings (SSSR count). The summed E-state index contributed by atoms with van der Waals surface area (Å²) < 4.78 is 80.6. The Labute approximate surface area is 293 Å². The second-order valence-corrected chi connectivity index (χ2v) is 17.7. The predicted octanol–water partition coefficient (Wildman–Crippen LogP) is 4.11. The first-order valence-corrected chi connectivity index (χ1v) is 20.2. The third kappa shape index (κ3) is 12.0. The van der Waals surface area contributed by atoms with Crippen molar-refractivity contribution in [3.63, 3.8) is 0 Å². The van der Waals surface area contributed by atoms with Gasteiger partial charge in [0.25, 0.3) is 0 Å². The van der Waals surface area contributed by atoms with Gasteiger partial charge in [-0.2, -0.15) is 0 Å². The van der Waals surface area contributed by atoms with Crippen molar-refractivity contribution in [3.8, 4) is 0 Å². The quantitative estimate of drug-likeness (QED) is 0.210. The Morgan fingerprint density at radius 1 is 0.812 bits per heavy atom. The van der Waals surface area contributed by atoms with E-state index in [2.05, 4.69) is 69.8 Å². The van der Waals surface area contributed by atoms with Gasteiger partial charge in [-0.1, -0.05) is 39.3 Å². The van der Waals surface area contributed by atoms with Crippen LogP contribution >= 0.6 is 15.9 Å². The Hall–Kier alpha value is -1.56. The first-order valence-electron chi connectivity index (χ1n) is 16.5. The number of halogens is 3. The summed E-state index contributed by atoms with van der Waals surface area (Å²) in [5.41, 5.74) is 1.13. The van der Waals surface area contributed by atoms with E-state index in [1.807, 2.05) is 12.1 Å². The van der Waals surface area contributed by atoms with E-state index in [4.69, 9.17) is 0 Å². The first-order chi connectivity index (χ1) is 22.4. The van der Waals surface area contributed by atoms with Gasteiger partial charge in [-0.3, -0.25) is 9.80 Å². The normalized spacial score (nSPS) is 23.5. The molecule has 2 aromatic rings. The third-order valence-corrected chi connectivity index (χ3v) is 12.3. The number of likely N-dealkylation sites (tertiary alicyclic amines) is 2. The maximum atomic E-state index is 13.8. The zero-order valence-corrected chi connectivity index (χ0v) is 31.6. The molecule has 0 aliphatic carbocycles. The Morgan fingerprint density at radius 2 is 1.29 bits per heavy atom. The van der Waals surface area contributed by atoms with Crippen LogP contribution in [0.3, 0.4) is 0 Å². The summed E-state index contributed by atoms with van der Waals surface area (Å²) in [6.45, 7) is 13.0. The van der Waals surface area contributed by atoms with E-state index in [0.717, 1.165) is 50.4 Å². The minimum Gasteiger partial charge on any atom is -0.390 e. The molecule has 4 unspecified atom stereocenters. The van der Waals surface area contributed by atoms with Crippen LogP contribution in [0.5, 0.6) is 0 Å². The molecule has 15 heteroatoms. The topological polar surface area (TPSA) is 139 Å². The van der Waals surface area contributed by atoms with Crippen LogP contribution in [0.2, 0.25) is 0 Å². The molecule has 2 heterocycles. The SMILES string of the molecule is CC1CC(C)N(C[C@@H](O)CNS(=O)(=O)c2cc(F)c(Br)cc2F)C1.CCCc1ccc(S(=O)(=O)NC[C@H](O)CN2CC(C)CC2C)cc1. The lowest BCUT2D eigenvalue weighted by atomic mass is 10.1. The van der Waals surface area contributed by atoms with Crippen molar-refractivity contribution in [1.29, 1.82) is 0 Å². The van der Waals surface area contributed by atoms with E-state index in [1.165, 1.54) is 0 Å². The van der Waals surface area contributed by atoms with Gasteiger partial charge < -0.3 is 10.2 Å². The van der Waals surface area contributed by atoms with Crippen LogP contribution in [0.1, 0.15) is 59.4 Å². The average Bonchev–Trinajstić information content (AvgIpc) is 3.50. The molecule has 0 radical (unpaired) electrons. The van der Waals surface area contributed by atoms with Crippen molar-refractivity contribution in [1.82, 2.24) is 19.2 Å². The monoisotopic (exact) mass is 780 g/mol. The first kappa shape index (κ1) is 40.9. The van der Waals surface area contributed by atoms with Gasteiger partial charge in [0.05, 0.1) is 21.6 Å². The van der Waals surface area contributed by atoms with Gasteiger partial charge in [0, 0.05) is 51.4 Å². The van der Waals surface area contributed by atoms with Gasteiger partial charge in [-0.05, 0) is 90.7 Å². The van der Waals surface area contributed by atoms with Crippen molar-refractivity contribution in [3.05, 3.63) is 58.1 Å². The fourth-order valence-electron chi connectivity index (χ4n) is 6.36. The highest BCUT2D eigenvalue weighted by atomic mass is 79.9. The fourth-order valence-corrected chi connectivity index (χ4v) is 8.89. The second kappa shape index (κ2) is 18.1. The molecule has 2 aromatic carbocycles. The van der Waals surface area contributed by atoms with Crippen LogP contribution < -0.4 is 9.44 Å².